The van der Waals surface area contributed by atoms with Gasteiger partial charge in [0.25, 0.3) is 0 Å². The van der Waals surface area contributed by atoms with Crippen molar-refractivity contribution < 1.29 is 9.53 Å². The molecule has 0 N–H and O–H groups in total. The first-order valence-electron chi connectivity index (χ1n) is 4.68. The molecule has 0 spiro atoms. The third-order valence-corrected chi connectivity index (χ3v) is 1.70. The lowest BCUT2D eigenvalue weighted by Crippen LogP contribution is -2.05. The second-order valence-electron chi connectivity index (χ2n) is 3.67. The largest absolute Gasteiger partial charge is 0.492 e. The quantitative estimate of drug-likeness (QED) is 0.689. The molecular weight excluding hydrogens is 178 g/mol. The van der Waals surface area contributed by atoms with E-state index in [1.807, 2.05) is 0 Å². The van der Waals surface area contributed by atoms with E-state index in [0.717, 1.165) is 0 Å². The topological polar surface area (TPSA) is 39.2 Å². The van der Waals surface area contributed by atoms with Crippen molar-refractivity contribution in [2.75, 3.05) is 6.61 Å². The molecule has 76 valence electrons. The van der Waals surface area contributed by atoms with Crippen LogP contribution >= 0.6 is 0 Å². The van der Waals surface area contributed by atoms with Crippen LogP contribution in [0.5, 0.6) is 5.75 Å². The lowest BCUT2D eigenvalue weighted by Gasteiger charge is -2.08. The van der Waals surface area contributed by atoms with E-state index in [0.29, 0.717) is 23.8 Å². The number of hydrogen-bond acceptors (Lipinski definition) is 3. The SMILES string of the molecule is CC(=O)c1cncc(OCC(C)C)c1. The van der Waals surface area contributed by atoms with Crippen molar-refractivity contribution in [3.8, 4) is 5.75 Å². The normalized spacial score (nSPS) is 10.3. The standard InChI is InChI=1S/C11H15NO2/c1-8(2)7-14-11-4-10(9(3)13)5-12-6-11/h4-6,8H,7H2,1-3H3. The van der Waals surface area contributed by atoms with Crippen LogP contribution in [0.25, 0.3) is 0 Å². The fourth-order valence-corrected chi connectivity index (χ4v) is 0.953. The summed E-state index contributed by atoms with van der Waals surface area (Å²) in [5.74, 6) is 1.13. The molecular formula is C11H15NO2. The average Bonchev–Trinajstić information content (AvgIpc) is 2.15. The minimum absolute atomic E-state index is 0.00694. The molecule has 1 aromatic heterocycles. The number of nitrogens with zero attached hydrogens (tertiary/aromatic N) is 1. The summed E-state index contributed by atoms with van der Waals surface area (Å²) in [5, 5.41) is 0. The number of rotatable bonds is 4. The van der Waals surface area contributed by atoms with Crippen molar-refractivity contribution in [1.29, 1.82) is 0 Å². The van der Waals surface area contributed by atoms with Crippen LogP contribution in [0.4, 0.5) is 0 Å². The summed E-state index contributed by atoms with van der Waals surface area (Å²) in [6, 6.07) is 1.72. The van der Waals surface area contributed by atoms with Crippen molar-refractivity contribution >= 4 is 5.78 Å². The molecule has 0 unspecified atom stereocenters. The highest BCUT2D eigenvalue weighted by atomic mass is 16.5. The Labute approximate surface area is 84.1 Å². The summed E-state index contributed by atoms with van der Waals surface area (Å²) in [4.78, 5) is 15.0. The predicted octanol–water partition coefficient (Wildman–Crippen LogP) is 2.32. The number of ether oxygens (including phenoxy) is 1. The number of ketones is 1. The fraction of sp³-hybridized carbons (Fsp3) is 0.455. The van der Waals surface area contributed by atoms with E-state index in [4.69, 9.17) is 4.74 Å². The van der Waals surface area contributed by atoms with Crippen LogP contribution in [0.2, 0.25) is 0 Å². The number of carbonyl (C=O) groups excluding carboxylic acids is 1. The first-order valence-corrected chi connectivity index (χ1v) is 4.68. The van der Waals surface area contributed by atoms with E-state index in [-0.39, 0.29) is 5.78 Å². The third kappa shape index (κ3) is 3.17. The molecule has 0 aromatic carbocycles. The lowest BCUT2D eigenvalue weighted by molar-refractivity contribution is 0.101. The summed E-state index contributed by atoms with van der Waals surface area (Å²) in [6.07, 6.45) is 3.17. The fourth-order valence-electron chi connectivity index (χ4n) is 0.953. The second-order valence-corrected chi connectivity index (χ2v) is 3.67. The Morgan fingerprint density at radius 2 is 2.21 bits per heavy atom. The van der Waals surface area contributed by atoms with E-state index < -0.39 is 0 Å². The Balaban J connectivity index is 2.69. The molecule has 0 radical (unpaired) electrons. The summed E-state index contributed by atoms with van der Waals surface area (Å²) in [7, 11) is 0. The van der Waals surface area contributed by atoms with Gasteiger partial charge in [0.2, 0.25) is 0 Å². The van der Waals surface area contributed by atoms with Crippen LogP contribution in [-0.2, 0) is 0 Å². The molecule has 3 nitrogen and oxygen atoms in total. The van der Waals surface area contributed by atoms with Crippen LogP contribution < -0.4 is 4.74 Å². The molecule has 1 aromatic rings. The highest BCUT2D eigenvalue weighted by molar-refractivity contribution is 5.94. The maximum Gasteiger partial charge on any atom is 0.161 e. The maximum atomic E-state index is 11.0. The maximum absolute atomic E-state index is 11.0. The van der Waals surface area contributed by atoms with E-state index in [2.05, 4.69) is 18.8 Å². The van der Waals surface area contributed by atoms with Gasteiger partial charge in [-0.1, -0.05) is 13.8 Å². The summed E-state index contributed by atoms with van der Waals surface area (Å²) in [5.41, 5.74) is 0.589. The van der Waals surface area contributed by atoms with Gasteiger partial charge in [-0.3, -0.25) is 9.78 Å². The Hall–Kier alpha value is -1.38. The van der Waals surface area contributed by atoms with Gasteiger partial charge in [0.15, 0.2) is 5.78 Å². The molecule has 14 heavy (non-hydrogen) atoms. The van der Waals surface area contributed by atoms with E-state index in [1.54, 1.807) is 18.5 Å². The van der Waals surface area contributed by atoms with Gasteiger partial charge in [-0.05, 0) is 18.9 Å². The molecule has 0 aliphatic rings. The summed E-state index contributed by atoms with van der Waals surface area (Å²) < 4.78 is 5.44. The van der Waals surface area contributed by atoms with Crippen LogP contribution in [0, 0.1) is 5.92 Å². The van der Waals surface area contributed by atoms with Crippen LogP contribution in [0.3, 0.4) is 0 Å². The van der Waals surface area contributed by atoms with Crippen molar-refractivity contribution in [3.05, 3.63) is 24.0 Å². The first kappa shape index (κ1) is 10.7. The molecule has 1 rings (SSSR count). The van der Waals surface area contributed by atoms with Crippen molar-refractivity contribution in [2.24, 2.45) is 5.92 Å². The van der Waals surface area contributed by atoms with Gasteiger partial charge in [0.05, 0.1) is 12.8 Å². The van der Waals surface area contributed by atoms with E-state index >= 15 is 0 Å². The molecule has 0 aliphatic heterocycles. The van der Waals surface area contributed by atoms with Crippen LogP contribution in [0.1, 0.15) is 31.1 Å². The van der Waals surface area contributed by atoms with Gasteiger partial charge >= 0.3 is 0 Å². The summed E-state index contributed by atoms with van der Waals surface area (Å²) >= 11 is 0. The molecule has 0 atom stereocenters. The monoisotopic (exact) mass is 193 g/mol. The minimum Gasteiger partial charge on any atom is -0.492 e. The van der Waals surface area contributed by atoms with Crippen molar-refractivity contribution in [2.45, 2.75) is 20.8 Å². The Morgan fingerprint density at radius 1 is 1.50 bits per heavy atom. The average molecular weight is 193 g/mol. The first-order chi connectivity index (χ1) is 6.59. The molecule has 0 saturated heterocycles. The molecule has 0 saturated carbocycles. The molecule has 3 heteroatoms. The summed E-state index contributed by atoms with van der Waals surface area (Å²) in [6.45, 7) is 6.30. The number of aromatic nitrogens is 1. The van der Waals surface area contributed by atoms with E-state index in [9.17, 15) is 4.79 Å². The molecule has 0 amide bonds. The molecule has 1 heterocycles. The lowest BCUT2D eigenvalue weighted by atomic mass is 10.2. The van der Waals surface area contributed by atoms with Gasteiger partial charge in [0.1, 0.15) is 5.75 Å². The molecule has 0 fully saturated rings. The van der Waals surface area contributed by atoms with Gasteiger partial charge in [-0.25, -0.2) is 0 Å². The highest BCUT2D eigenvalue weighted by Gasteiger charge is 2.02. The third-order valence-electron chi connectivity index (χ3n) is 1.70. The predicted molar refractivity (Wildman–Crippen MR) is 54.6 cm³/mol. The Bertz CT molecular complexity index is 321. The Morgan fingerprint density at radius 3 is 2.79 bits per heavy atom. The smallest absolute Gasteiger partial charge is 0.161 e. The van der Waals surface area contributed by atoms with Gasteiger partial charge in [-0.2, -0.15) is 0 Å². The van der Waals surface area contributed by atoms with Crippen LogP contribution in [-0.4, -0.2) is 17.4 Å². The number of Topliss-reactive ketones (excluding diaryl/α,β-unsaturated/α-hetero) is 1. The molecule has 0 aliphatic carbocycles. The number of pyridine rings is 1. The highest BCUT2D eigenvalue weighted by Crippen LogP contribution is 2.12. The zero-order valence-corrected chi connectivity index (χ0v) is 8.78. The number of carbonyl (C=O) groups is 1. The van der Waals surface area contributed by atoms with E-state index in [1.165, 1.54) is 6.92 Å². The zero-order valence-electron chi connectivity index (χ0n) is 8.78. The van der Waals surface area contributed by atoms with Crippen LogP contribution in [0.15, 0.2) is 18.5 Å². The van der Waals surface area contributed by atoms with Gasteiger partial charge in [0, 0.05) is 11.8 Å². The van der Waals surface area contributed by atoms with Crippen molar-refractivity contribution in [3.63, 3.8) is 0 Å². The zero-order chi connectivity index (χ0) is 10.6. The van der Waals surface area contributed by atoms with Gasteiger partial charge in [-0.15, -0.1) is 0 Å². The Kier molecular flexibility index (Phi) is 3.63. The molecule has 0 bridgehead atoms. The minimum atomic E-state index is 0.00694. The second kappa shape index (κ2) is 4.74. The van der Waals surface area contributed by atoms with Gasteiger partial charge < -0.3 is 4.74 Å². The number of hydrogen-bond donors (Lipinski definition) is 0. The van der Waals surface area contributed by atoms with Crippen molar-refractivity contribution in [1.82, 2.24) is 4.98 Å².